The van der Waals surface area contributed by atoms with E-state index in [0.29, 0.717) is 4.90 Å². The number of benzene rings is 1. The standard InChI is InChI=1S/C12H18N2O2S/c1-17(15,16)12-5-3-2-4-11(12)14-8-6-10(13)7-9-14/h2-5,10H,6-9,13H2,1H3. The molecule has 1 aliphatic rings. The Morgan fingerprint density at radius 2 is 1.82 bits per heavy atom. The highest BCUT2D eigenvalue weighted by atomic mass is 32.2. The molecule has 1 aromatic rings. The van der Waals surface area contributed by atoms with E-state index in [1.165, 1.54) is 6.26 Å². The van der Waals surface area contributed by atoms with Gasteiger partial charge in [-0.2, -0.15) is 0 Å². The summed E-state index contributed by atoms with van der Waals surface area (Å²) in [5.74, 6) is 0. The first kappa shape index (κ1) is 12.4. The smallest absolute Gasteiger partial charge is 0.177 e. The van der Waals surface area contributed by atoms with Gasteiger partial charge < -0.3 is 10.6 Å². The van der Waals surface area contributed by atoms with Crippen LogP contribution in [0.25, 0.3) is 0 Å². The van der Waals surface area contributed by atoms with E-state index in [9.17, 15) is 8.42 Å². The van der Waals surface area contributed by atoms with Crippen LogP contribution in [-0.4, -0.2) is 33.8 Å². The first-order chi connectivity index (χ1) is 7.98. The third-order valence-electron chi connectivity index (χ3n) is 3.15. The van der Waals surface area contributed by atoms with Crippen molar-refractivity contribution in [3.63, 3.8) is 0 Å². The summed E-state index contributed by atoms with van der Waals surface area (Å²) in [5.41, 5.74) is 6.66. The number of hydrogen-bond donors (Lipinski definition) is 1. The lowest BCUT2D eigenvalue weighted by Crippen LogP contribution is -2.40. The lowest BCUT2D eigenvalue weighted by Gasteiger charge is -2.33. The summed E-state index contributed by atoms with van der Waals surface area (Å²) >= 11 is 0. The highest BCUT2D eigenvalue weighted by Gasteiger charge is 2.21. The van der Waals surface area contributed by atoms with Crippen LogP contribution in [0.5, 0.6) is 0 Å². The number of nitrogens with zero attached hydrogens (tertiary/aromatic N) is 1. The Morgan fingerprint density at radius 1 is 1.24 bits per heavy atom. The normalized spacial score (nSPS) is 18.4. The van der Waals surface area contributed by atoms with Crippen LogP contribution in [0.4, 0.5) is 5.69 Å². The van der Waals surface area contributed by atoms with Crippen molar-refractivity contribution in [1.82, 2.24) is 0 Å². The molecule has 1 aliphatic heterocycles. The van der Waals surface area contributed by atoms with Gasteiger partial charge in [-0.1, -0.05) is 12.1 Å². The number of anilines is 1. The van der Waals surface area contributed by atoms with E-state index < -0.39 is 9.84 Å². The molecule has 1 fully saturated rings. The molecule has 0 unspecified atom stereocenters. The molecule has 94 valence electrons. The zero-order valence-corrected chi connectivity index (χ0v) is 10.8. The lowest BCUT2D eigenvalue weighted by molar-refractivity contribution is 0.499. The molecule has 0 saturated carbocycles. The van der Waals surface area contributed by atoms with Gasteiger partial charge in [-0.25, -0.2) is 8.42 Å². The van der Waals surface area contributed by atoms with Crippen molar-refractivity contribution in [2.75, 3.05) is 24.2 Å². The van der Waals surface area contributed by atoms with Gasteiger partial charge in [0.2, 0.25) is 0 Å². The van der Waals surface area contributed by atoms with Gasteiger partial charge in [-0.3, -0.25) is 0 Å². The number of nitrogens with two attached hydrogens (primary N) is 1. The van der Waals surface area contributed by atoms with Gasteiger partial charge in [0.15, 0.2) is 9.84 Å². The summed E-state index contributed by atoms with van der Waals surface area (Å²) in [6.45, 7) is 1.65. The zero-order valence-electron chi connectivity index (χ0n) is 9.96. The molecule has 0 aliphatic carbocycles. The predicted molar refractivity (Wildman–Crippen MR) is 69.0 cm³/mol. The van der Waals surface area contributed by atoms with Crippen molar-refractivity contribution < 1.29 is 8.42 Å². The monoisotopic (exact) mass is 254 g/mol. The number of sulfone groups is 1. The molecule has 0 radical (unpaired) electrons. The minimum absolute atomic E-state index is 0.247. The fourth-order valence-electron chi connectivity index (χ4n) is 2.17. The van der Waals surface area contributed by atoms with Gasteiger partial charge in [-0.15, -0.1) is 0 Å². The van der Waals surface area contributed by atoms with Crippen LogP contribution in [0, 0.1) is 0 Å². The maximum absolute atomic E-state index is 11.7. The van der Waals surface area contributed by atoms with Gasteiger partial charge in [-0.05, 0) is 25.0 Å². The number of hydrogen-bond acceptors (Lipinski definition) is 4. The van der Waals surface area contributed by atoms with Crippen LogP contribution in [0.15, 0.2) is 29.2 Å². The molecule has 5 heteroatoms. The molecule has 0 amide bonds. The molecule has 1 heterocycles. The summed E-state index contributed by atoms with van der Waals surface area (Å²) in [7, 11) is -3.17. The highest BCUT2D eigenvalue weighted by molar-refractivity contribution is 7.90. The first-order valence-corrected chi connectivity index (χ1v) is 7.67. The summed E-state index contributed by atoms with van der Waals surface area (Å²) in [6.07, 6.45) is 3.08. The SMILES string of the molecule is CS(=O)(=O)c1ccccc1N1CCC(N)CC1. The van der Waals surface area contributed by atoms with Crippen molar-refractivity contribution in [3.8, 4) is 0 Å². The molecule has 0 spiro atoms. The Bertz CT molecular complexity index is 491. The Hall–Kier alpha value is -1.07. The van der Waals surface area contributed by atoms with E-state index in [1.54, 1.807) is 12.1 Å². The van der Waals surface area contributed by atoms with Crippen LogP contribution in [0.1, 0.15) is 12.8 Å². The average Bonchev–Trinajstić information content (AvgIpc) is 2.29. The Balaban J connectivity index is 2.33. The molecular formula is C12H18N2O2S. The molecule has 0 aromatic heterocycles. The Kier molecular flexibility index (Phi) is 3.40. The molecule has 4 nitrogen and oxygen atoms in total. The molecule has 2 rings (SSSR count). The van der Waals surface area contributed by atoms with Crippen LogP contribution in [0.2, 0.25) is 0 Å². The van der Waals surface area contributed by atoms with E-state index in [0.717, 1.165) is 31.6 Å². The van der Waals surface area contributed by atoms with Crippen molar-refractivity contribution in [2.24, 2.45) is 5.73 Å². The van der Waals surface area contributed by atoms with Crippen molar-refractivity contribution >= 4 is 15.5 Å². The predicted octanol–water partition coefficient (Wildman–Crippen LogP) is 1.02. The van der Waals surface area contributed by atoms with Gasteiger partial charge in [0.25, 0.3) is 0 Å². The molecule has 1 saturated heterocycles. The van der Waals surface area contributed by atoms with Crippen molar-refractivity contribution in [2.45, 2.75) is 23.8 Å². The minimum Gasteiger partial charge on any atom is -0.370 e. The maximum atomic E-state index is 11.7. The van der Waals surface area contributed by atoms with Crippen LogP contribution < -0.4 is 10.6 Å². The second kappa shape index (κ2) is 4.66. The summed E-state index contributed by atoms with van der Waals surface area (Å²) < 4.78 is 23.4. The summed E-state index contributed by atoms with van der Waals surface area (Å²) in [4.78, 5) is 2.52. The molecule has 0 atom stereocenters. The van der Waals surface area contributed by atoms with E-state index in [4.69, 9.17) is 5.73 Å². The highest BCUT2D eigenvalue weighted by Crippen LogP contribution is 2.27. The molecule has 1 aromatic carbocycles. The number of para-hydroxylation sites is 1. The van der Waals surface area contributed by atoms with E-state index >= 15 is 0 Å². The van der Waals surface area contributed by atoms with E-state index in [-0.39, 0.29) is 6.04 Å². The van der Waals surface area contributed by atoms with Crippen LogP contribution in [-0.2, 0) is 9.84 Å². The van der Waals surface area contributed by atoms with Crippen molar-refractivity contribution in [1.29, 1.82) is 0 Å². The molecule has 17 heavy (non-hydrogen) atoms. The maximum Gasteiger partial charge on any atom is 0.177 e. The topological polar surface area (TPSA) is 63.4 Å². The third-order valence-corrected chi connectivity index (χ3v) is 4.29. The quantitative estimate of drug-likeness (QED) is 0.856. The van der Waals surface area contributed by atoms with Crippen LogP contribution in [0.3, 0.4) is 0 Å². The lowest BCUT2D eigenvalue weighted by atomic mass is 10.1. The second-order valence-electron chi connectivity index (χ2n) is 4.56. The summed E-state index contributed by atoms with van der Waals surface area (Å²) in [6, 6.07) is 7.41. The van der Waals surface area contributed by atoms with E-state index in [1.807, 2.05) is 12.1 Å². The average molecular weight is 254 g/mol. The molecular weight excluding hydrogens is 236 g/mol. The minimum atomic E-state index is -3.17. The Morgan fingerprint density at radius 3 is 2.41 bits per heavy atom. The van der Waals surface area contributed by atoms with Crippen LogP contribution >= 0.6 is 0 Å². The number of rotatable bonds is 2. The van der Waals surface area contributed by atoms with Gasteiger partial charge in [0, 0.05) is 25.4 Å². The van der Waals surface area contributed by atoms with E-state index in [2.05, 4.69) is 4.90 Å². The zero-order chi connectivity index (χ0) is 12.5. The van der Waals surface area contributed by atoms with Gasteiger partial charge in [0.1, 0.15) is 0 Å². The molecule has 2 N–H and O–H groups in total. The Labute approximate surface area is 102 Å². The second-order valence-corrected chi connectivity index (χ2v) is 6.55. The fourth-order valence-corrected chi connectivity index (χ4v) is 3.08. The fraction of sp³-hybridized carbons (Fsp3) is 0.500. The van der Waals surface area contributed by atoms with Crippen molar-refractivity contribution in [3.05, 3.63) is 24.3 Å². The first-order valence-electron chi connectivity index (χ1n) is 5.78. The van der Waals surface area contributed by atoms with Gasteiger partial charge >= 0.3 is 0 Å². The third kappa shape index (κ3) is 2.79. The molecule has 0 bridgehead atoms. The largest absolute Gasteiger partial charge is 0.370 e. The summed E-state index contributed by atoms with van der Waals surface area (Å²) in [5, 5.41) is 0. The van der Waals surface area contributed by atoms with Gasteiger partial charge in [0.05, 0.1) is 10.6 Å². The number of piperidine rings is 1.